The highest BCUT2D eigenvalue weighted by Gasteiger charge is 2.09. The smallest absolute Gasteiger partial charge is 0.272 e. The van der Waals surface area contributed by atoms with E-state index in [4.69, 9.17) is 11.6 Å². The van der Waals surface area contributed by atoms with Gasteiger partial charge in [0.1, 0.15) is 0 Å². The maximum Gasteiger partial charge on any atom is 0.272 e. The fourth-order valence-electron chi connectivity index (χ4n) is 2.12. The van der Waals surface area contributed by atoms with Crippen LogP contribution in [0.15, 0.2) is 66.7 Å². The summed E-state index contributed by atoms with van der Waals surface area (Å²) in [6.45, 7) is 0.348. The van der Waals surface area contributed by atoms with Crippen LogP contribution >= 0.6 is 11.6 Å². The standard InChI is InChI=1S/C18H14ClN3O/c19-15-9-5-4-8-14(15)12-20-18(23)17-11-10-16(21-22-17)13-6-2-1-3-7-13/h1-11H,12H2,(H,20,23). The third-order valence-corrected chi connectivity index (χ3v) is 3.73. The second-order valence-corrected chi connectivity index (χ2v) is 5.35. The Balaban J connectivity index is 1.67. The normalized spacial score (nSPS) is 10.3. The fourth-order valence-corrected chi connectivity index (χ4v) is 2.33. The highest BCUT2D eigenvalue weighted by molar-refractivity contribution is 6.31. The first-order valence-electron chi connectivity index (χ1n) is 7.15. The minimum absolute atomic E-state index is 0.275. The lowest BCUT2D eigenvalue weighted by atomic mass is 10.1. The van der Waals surface area contributed by atoms with Gasteiger partial charge in [0.2, 0.25) is 0 Å². The second kappa shape index (κ2) is 7.03. The maximum absolute atomic E-state index is 12.1. The number of carbonyl (C=O) groups is 1. The SMILES string of the molecule is O=C(NCc1ccccc1Cl)c1ccc(-c2ccccc2)nn1. The Morgan fingerprint density at radius 1 is 0.913 bits per heavy atom. The number of halogens is 1. The van der Waals surface area contributed by atoms with Crippen LogP contribution in [0.25, 0.3) is 11.3 Å². The van der Waals surface area contributed by atoms with Crippen molar-refractivity contribution in [1.29, 1.82) is 0 Å². The molecule has 114 valence electrons. The molecule has 0 fully saturated rings. The van der Waals surface area contributed by atoms with Gasteiger partial charge in [-0.1, -0.05) is 60.1 Å². The van der Waals surface area contributed by atoms with Gasteiger partial charge in [-0.15, -0.1) is 10.2 Å². The van der Waals surface area contributed by atoms with Crippen molar-refractivity contribution >= 4 is 17.5 Å². The number of hydrogen-bond acceptors (Lipinski definition) is 3. The summed E-state index contributed by atoms with van der Waals surface area (Å²) in [4.78, 5) is 12.1. The van der Waals surface area contributed by atoms with Crippen molar-refractivity contribution in [1.82, 2.24) is 15.5 Å². The van der Waals surface area contributed by atoms with Crippen LogP contribution < -0.4 is 5.32 Å². The molecule has 4 nitrogen and oxygen atoms in total. The van der Waals surface area contributed by atoms with E-state index in [9.17, 15) is 4.79 Å². The van der Waals surface area contributed by atoms with Gasteiger partial charge in [-0.25, -0.2) is 0 Å². The molecule has 0 aliphatic heterocycles. The largest absolute Gasteiger partial charge is 0.347 e. The minimum atomic E-state index is -0.281. The number of hydrogen-bond donors (Lipinski definition) is 1. The van der Waals surface area contributed by atoms with Gasteiger partial charge in [-0.05, 0) is 23.8 Å². The topological polar surface area (TPSA) is 54.9 Å². The first kappa shape index (κ1) is 15.2. The first-order chi connectivity index (χ1) is 11.2. The molecule has 0 aliphatic carbocycles. The fraction of sp³-hybridized carbons (Fsp3) is 0.0556. The summed E-state index contributed by atoms with van der Waals surface area (Å²) in [5, 5.41) is 11.5. The molecule has 0 spiro atoms. The summed E-state index contributed by atoms with van der Waals surface area (Å²) < 4.78 is 0. The molecule has 2 aromatic carbocycles. The zero-order chi connectivity index (χ0) is 16.1. The number of benzene rings is 2. The molecule has 3 aromatic rings. The summed E-state index contributed by atoms with van der Waals surface area (Å²) >= 11 is 6.06. The van der Waals surface area contributed by atoms with Gasteiger partial charge in [0, 0.05) is 17.1 Å². The third kappa shape index (κ3) is 3.73. The van der Waals surface area contributed by atoms with E-state index in [1.165, 1.54) is 0 Å². The maximum atomic E-state index is 12.1. The molecule has 0 atom stereocenters. The monoisotopic (exact) mass is 323 g/mol. The van der Waals surface area contributed by atoms with Gasteiger partial charge in [0.25, 0.3) is 5.91 Å². The first-order valence-corrected chi connectivity index (χ1v) is 7.52. The van der Waals surface area contributed by atoms with Crippen molar-refractivity contribution in [3.05, 3.63) is 83.0 Å². The summed E-state index contributed by atoms with van der Waals surface area (Å²) in [5.41, 5.74) is 2.82. The molecule has 0 saturated heterocycles. The van der Waals surface area contributed by atoms with E-state index in [2.05, 4.69) is 15.5 Å². The number of rotatable bonds is 4. The van der Waals surface area contributed by atoms with Gasteiger partial charge >= 0.3 is 0 Å². The molecule has 0 radical (unpaired) electrons. The highest BCUT2D eigenvalue weighted by Crippen LogP contribution is 2.16. The third-order valence-electron chi connectivity index (χ3n) is 3.36. The lowest BCUT2D eigenvalue weighted by Crippen LogP contribution is -2.24. The molecule has 23 heavy (non-hydrogen) atoms. The van der Waals surface area contributed by atoms with E-state index >= 15 is 0 Å². The molecule has 0 aliphatic rings. The van der Waals surface area contributed by atoms with E-state index < -0.39 is 0 Å². The van der Waals surface area contributed by atoms with Crippen LogP contribution in [0.1, 0.15) is 16.1 Å². The van der Waals surface area contributed by atoms with E-state index in [0.717, 1.165) is 16.8 Å². The Labute approximate surface area is 139 Å². The predicted octanol–water partition coefficient (Wildman–Crippen LogP) is 3.73. The van der Waals surface area contributed by atoms with Crippen molar-refractivity contribution in [3.63, 3.8) is 0 Å². The quantitative estimate of drug-likeness (QED) is 0.796. The van der Waals surface area contributed by atoms with Crippen molar-refractivity contribution < 1.29 is 4.79 Å². The minimum Gasteiger partial charge on any atom is -0.347 e. The van der Waals surface area contributed by atoms with Crippen molar-refractivity contribution in [2.24, 2.45) is 0 Å². The summed E-state index contributed by atoms with van der Waals surface area (Å²) in [5.74, 6) is -0.281. The van der Waals surface area contributed by atoms with Crippen LogP contribution in [0.2, 0.25) is 5.02 Å². The molecule has 1 aromatic heterocycles. The van der Waals surface area contributed by atoms with Gasteiger partial charge in [-0.2, -0.15) is 0 Å². The lowest BCUT2D eigenvalue weighted by Gasteiger charge is -2.06. The number of nitrogens with one attached hydrogen (secondary N) is 1. The van der Waals surface area contributed by atoms with E-state index in [0.29, 0.717) is 11.6 Å². The summed E-state index contributed by atoms with van der Waals surface area (Å²) in [7, 11) is 0. The van der Waals surface area contributed by atoms with Gasteiger partial charge < -0.3 is 5.32 Å². The van der Waals surface area contributed by atoms with Crippen LogP contribution in [-0.4, -0.2) is 16.1 Å². The highest BCUT2D eigenvalue weighted by atomic mass is 35.5. The molecule has 0 bridgehead atoms. The Kier molecular flexibility index (Phi) is 4.64. The molecule has 0 saturated carbocycles. The molecular weight excluding hydrogens is 310 g/mol. The zero-order valence-electron chi connectivity index (χ0n) is 12.2. The molecule has 5 heteroatoms. The Hall–Kier alpha value is -2.72. The van der Waals surface area contributed by atoms with Crippen molar-refractivity contribution in [2.45, 2.75) is 6.54 Å². The van der Waals surface area contributed by atoms with Crippen LogP contribution in [0.5, 0.6) is 0 Å². The Morgan fingerprint density at radius 3 is 2.35 bits per heavy atom. The number of carbonyl (C=O) groups excluding carboxylic acids is 1. The number of nitrogens with zero attached hydrogens (tertiary/aromatic N) is 2. The van der Waals surface area contributed by atoms with Crippen molar-refractivity contribution in [2.75, 3.05) is 0 Å². The second-order valence-electron chi connectivity index (χ2n) is 4.94. The van der Waals surface area contributed by atoms with Crippen LogP contribution in [0.3, 0.4) is 0 Å². The number of aromatic nitrogens is 2. The average Bonchev–Trinajstić information content (AvgIpc) is 2.62. The lowest BCUT2D eigenvalue weighted by molar-refractivity contribution is 0.0945. The molecule has 1 heterocycles. The summed E-state index contributed by atoms with van der Waals surface area (Å²) in [6.07, 6.45) is 0. The average molecular weight is 324 g/mol. The molecule has 1 N–H and O–H groups in total. The van der Waals surface area contributed by atoms with Crippen LogP contribution in [-0.2, 0) is 6.54 Å². The van der Waals surface area contributed by atoms with Crippen LogP contribution in [0.4, 0.5) is 0 Å². The van der Waals surface area contributed by atoms with Gasteiger partial charge in [0.15, 0.2) is 5.69 Å². The number of amides is 1. The van der Waals surface area contributed by atoms with E-state index in [1.807, 2.05) is 48.5 Å². The molecular formula is C18H14ClN3O. The zero-order valence-corrected chi connectivity index (χ0v) is 13.0. The van der Waals surface area contributed by atoms with Gasteiger partial charge in [0.05, 0.1) is 5.69 Å². The molecule has 1 amide bonds. The van der Waals surface area contributed by atoms with Crippen LogP contribution in [0, 0.1) is 0 Å². The predicted molar refractivity (Wildman–Crippen MR) is 90.1 cm³/mol. The molecule has 3 rings (SSSR count). The Morgan fingerprint density at radius 2 is 1.65 bits per heavy atom. The molecule has 0 unspecified atom stereocenters. The summed E-state index contributed by atoms with van der Waals surface area (Å²) in [6, 6.07) is 20.5. The van der Waals surface area contributed by atoms with Crippen molar-refractivity contribution in [3.8, 4) is 11.3 Å². The van der Waals surface area contributed by atoms with E-state index in [-0.39, 0.29) is 11.6 Å². The van der Waals surface area contributed by atoms with Gasteiger partial charge in [-0.3, -0.25) is 4.79 Å². The Bertz CT molecular complexity index is 804. The van der Waals surface area contributed by atoms with E-state index in [1.54, 1.807) is 18.2 Å².